The number of carbonyl (C=O) groups is 2. The molecule has 3 rings (SSSR count). The maximum absolute atomic E-state index is 12.7. The van der Waals surface area contributed by atoms with E-state index in [1.54, 1.807) is 19.2 Å². The van der Waals surface area contributed by atoms with E-state index in [9.17, 15) is 9.59 Å². The van der Waals surface area contributed by atoms with Crippen LogP contribution in [0.3, 0.4) is 0 Å². The number of likely N-dealkylation sites (N-methyl/N-ethyl adjacent to an activating group) is 1. The fourth-order valence-corrected chi connectivity index (χ4v) is 3.02. The average Bonchev–Trinajstić information content (AvgIpc) is 3.07. The van der Waals surface area contributed by atoms with Crippen LogP contribution in [0.5, 0.6) is 0 Å². The molecule has 0 atom stereocenters. The van der Waals surface area contributed by atoms with Crippen LogP contribution in [0.15, 0.2) is 36.4 Å². The summed E-state index contributed by atoms with van der Waals surface area (Å²) in [6.45, 7) is 7.91. The van der Waals surface area contributed by atoms with Gasteiger partial charge in [0.1, 0.15) is 5.52 Å². The Balaban J connectivity index is 1.71. The highest BCUT2D eigenvalue weighted by molar-refractivity contribution is 6.01. The highest BCUT2D eigenvalue weighted by atomic mass is 16.2. The first kappa shape index (κ1) is 19.5. The number of anilines is 1. The van der Waals surface area contributed by atoms with Crippen molar-refractivity contribution < 1.29 is 9.59 Å². The Morgan fingerprint density at radius 1 is 1.14 bits per heavy atom. The molecule has 7 nitrogen and oxygen atoms in total. The zero-order valence-corrected chi connectivity index (χ0v) is 16.9. The maximum Gasteiger partial charge on any atom is 0.254 e. The third kappa shape index (κ3) is 4.03. The summed E-state index contributed by atoms with van der Waals surface area (Å²) in [5.41, 5.74) is 4.82. The number of aryl methyl sites for hydroxylation is 2. The van der Waals surface area contributed by atoms with Crippen molar-refractivity contribution in [2.24, 2.45) is 0 Å². The molecule has 2 amide bonds. The Kier molecular flexibility index (Phi) is 5.44. The quantitative estimate of drug-likeness (QED) is 0.737. The van der Waals surface area contributed by atoms with Crippen molar-refractivity contribution >= 4 is 28.5 Å². The van der Waals surface area contributed by atoms with Gasteiger partial charge in [0.15, 0.2) is 0 Å². The summed E-state index contributed by atoms with van der Waals surface area (Å²) in [6.07, 6.45) is 0. The summed E-state index contributed by atoms with van der Waals surface area (Å²) in [5, 5.41) is 11.1. The molecule has 0 aliphatic heterocycles. The van der Waals surface area contributed by atoms with Crippen molar-refractivity contribution in [3.8, 4) is 0 Å². The smallest absolute Gasteiger partial charge is 0.254 e. The summed E-state index contributed by atoms with van der Waals surface area (Å²) < 4.78 is 1.81. The highest BCUT2D eigenvalue weighted by Crippen LogP contribution is 2.19. The normalized spacial score (nSPS) is 11.1. The Bertz CT molecular complexity index is 1040. The van der Waals surface area contributed by atoms with E-state index in [4.69, 9.17) is 0 Å². The minimum Gasteiger partial charge on any atom is -0.332 e. The number of fused-ring (bicyclic) bond motifs is 1. The highest BCUT2D eigenvalue weighted by Gasteiger charge is 2.17. The first-order chi connectivity index (χ1) is 13.3. The van der Waals surface area contributed by atoms with Gasteiger partial charge in [-0.05, 0) is 63.1 Å². The van der Waals surface area contributed by atoms with Gasteiger partial charge in [-0.15, -0.1) is 5.10 Å². The second kappa shape index (κ2) is 7.80. The second-order valence-corrected chi connectivity index (χ2v) is 7.36. The largest absolute Gasteiger partial charge is 0.332 e. The Labute approximate surface area is 164 Å². The molecule has 3 aromatic rings. The lowest BCUT2D eigenvalue weighted by Crippen LogP contribution is -2.35. The molecule has 0 saturated carbocycles. The summed E-state index contributed by atoms with van der Waals surface area (Å²) in [4.78, 5) is 26.5. The summed E-state index contributed by atoms with van der Waals surface area (Å²) >= 11 is 0. The molecule has 0 saturated heterocycles. The molecule has 146 valence electrons. The topological polar surface area (TPSA) is 80.1 Å². The Hall–Kier alpha value is -3.22. The minimum atomic E-state index is -0.239. The second-order valence-electron chi connectivity index (χ2n) is 7.36. The number of aromatic nitrogens is 3. The minimum absolute atomic E-state index is 0.0388. The lowest BCUT2D eigenvalue weighted by atomic mass is 10.1. The molecule has 0 aliphatic carbocycles. The molecule has 7 heteroatoms. The summed E-state index contributed by atoms with van der Waals surface area (Å²) in [7, 11) is 1.61. The molecule has 2 aromatic carbocycles. The predicted octanol–water partition coefficient (Wildman–Crippen LogP) is 3.34. The number of benzene rings is 2. The monoisotopic (exact) mass is 379 g/mol. The van der Waals surface area contributed by atoms with Crippen molar-refractivity contribution in [3.63, 3.8) is 0 Å². The van der Waals surface area contributed by atoms with Crippen LogP contribution in [0.1, 0.15) is 41.4 Å². The van der Waals surface area contributed by atoms with Gasteiger partial charge < -0.3 is 10.2 Å². The van der Waals surface area contributed by atoms with E-state index in [0.29, 0.717) is 11.1 Å². The Morgan fingerprint density at radius 2 is 1.89 bits per heavy atom. The van der Waals surface area contributed by atoms with Crippen LogP contribution >= 0.6 is 0 Å². The van der Waals surface area contributed by atoms with Crippen molar-refractivity contribution in [2.75, 3.05) is 18.9 Å². The molecule has 0 bridgehead atoms. The predicted molar refractivity (Wildman–Crippen MR) is 109 cm³/mol. The molecule has 1 N–H and O–H groups in total. The third-order valence-electron chi connectivity index (χ3n) is 4.60. The lowest BCUT2D eigenvalue weighted by molar-refractivity contribution is -0.116. The molecule has 0 fully saturated rings. The van der Waals surface area contributed by atoms with Gasteiger partial charge >= 0.3 is 0 Å². The average molecular weight is 379 g/mol. The molecular weight excluding hydrogens is 354 g/mol. The van der Waals surface area contributed by atoms with Crippen LogP contribution < -0.4 is 5.32 Å². The van der Waals surface area contributed by atoms with Gasteiger partial charge in [-0.1, -0.05) is 17.3 Å². The van der Waals surface area contributed by atoms with Gasteiger partial charge in [0.2, 0.25) is 5.91 Å². The van der Waals surface area contributed by atoms with Crippen LogP contribution in [-0.2, 0) is 4.79 Å². The van der Waals surface area contributed by atoms with Crippen LogP contribution in [0.2, 0.25) is 0 Å². The fourth-order valence-electron chi connectivity index (χ4n) is 3.02. The number of amides is 2. The van der Waals surface area contributed by atoms with Gasteiger partial charge in [0.25, 0.3) is 5.91 Å². The number of nitrogens with one attached hydrogen (secondary N) is 1. The first-order valence-electron chi connectivity index (χ1n) is 9.24. The van der Waals surface area contributed by atoms with E-state index >= 15 is 0 Å². The zero-order chi connectivity index (χ0) is 20.4. The lowest BCUT2D eigenvalue weighted by Gasteiger charge is -2.17. The number of nitrogens with zero attached hydrogens (tertiary/aromatic N) is 4. The standard InChI is InChI=1S/C21H25N5O2/c1-13(2)26-19-9-8-16(11-18(19)23-24-26)21(28)25(5)12-20(27)22-17-10-14(3)6-7-15(17)4/h6-11,13H,12H2,1-5H3,(H,22,27). The number of hydrogen-bond donors (Lipinski definition) is 1. The molecular formula is C21H25N5O2. The SMILES string of the molecule is Cc1ccc(C)c(NC(=O)CN(C)C(=O)c2ccc3c(c2)nnn3C(C)C)c1. The molecule has 0 aliphatic rings. The molecule has 1 heterocycles. The van der Waals surface area contributed by atoms with Gasteiger partial charge in [0.05, 0.1) is 12.1 Å². The molecule has 28 heavy (non-hydrogen) atoms. The van der Waals surface area contributed by atoms with Gasteiger partial charge in [-0.2, -0.15) is 0 Å². The molecule has 0 radical (unpaired) electrons. The van der Waals surface area contributed by atoms with E-state index < -0.39 is 0 Å². The summed E-state index contributed by atoms with van der Waals surface area (Å²) in [5.74, 6) is -0.478. The number of rotatable bonds is 5. The van der Waals surface area contributed by atoms with Crippen molar-refractivity contribution in [2.45, 2.75) is 33.7 Å². The van der Waals surface area contributed by atoms with Crippen LogP contribution in [0.4, 0.5) is 5.69 Å². The van der Waals surface area contributed by atoms with Crippen molar-refractivity contribution in [3.05, 3.63) is 53.1 Å². The molecule has 0 spiro atoms. The van der Waals surface area contributed by atoms with E-state index in [1.807, 2.05) is 56.6 Å². The van der Waals surface area contributed by atoms with Crippen LogP contribution in [0.25, 0.3) is 11.0 Å². The van der Waals surface area contributed by atoms with E-state index in [1.165, 1.54) is 4.90 Å². The third-order valence-corrected chi connectivity index (χ3v) is 4.60. The number of carbonyl (C=O) groups excluding carboxylic acids is 2. The molecule has 0 unspecified atom stereocenters. The van der Waals surface area contributed by atoms with E-state index in [2.05, 4.69) is 15.6 Å². The van der Waals surface area contributed by atoms with E-state index in [0.717, 1.165) is 22.3 Å². The maximum atomic E-state index is 12.7. The first-order valence-corrected chi connectivity index (χ1v) is 9.24. The van der Waals surface area contributed by atoms with Crippen LogP contribution in [-0.4, -0.2) is 45.3 Å². The van der Waals surface area contributed by atoms with Gasteiger partial charge in [-0.3, -0.25) is 9.59 Å². The van der Waals surface area contributed by atoms with Gasteiger partial charge in [0, 0.05) is 24.3 Å². The van der Waals surface area contributed by atoms with Crippen molar-refractivity contribution in [1.29, 1.82) is 0 Å². The van der Waals surface area contributed by atoms with Gasteiger partial charge in [-0.25, -0.2) is 4.68 Å². The molecule has 1 aromatic heterocycles. The van der Waals surface area contributed by atoms with E-state index in [-0.39, 0.29) is 24.4 Å². The van der Waals surface area contributed by atoms with Crippen LogP contribution in [0, 0.1) is 13.8 Å². The zero-order valence-electron chi connectivity index (χ0n) is 16.9. The Morgan fingerprint density at radius 3 is 2.61 bits per heavy atom. The fraction of sp³-hybridized carbons (Fsp3) is 0.333. The number of hydrogen-bond acceptors (Lipinski definition) is 4. The summed E-state index contributed by atoms with van der Waals surface area (Å²) in [6, 6.07) is 11.3. The van der Waals surface area contributed by atoms with Crippen molar-refractivity contribution in [1.82, 2.24) is 19.9 Å².